The van der Waals surface area contributed by atoms with Gasteiger partial charge in [0.1, 0.15) is 24.2 Å². The average molecular weight is 589 g/mol. The molecule has 1 heterocycles. The highest BCUT2D eigenvalue weighted by Gasteiger charge is 2.42. The highest BCUT2D eigenvalue weighted by atomic mass is 32.2. The fourth-order valence-electron chi connectivity index (χ4n) is 5.18. The third-order valence-electron chi connectivity index (χ3n) is 7.17. The van der Waals surface area contributed by atoms with Crippen LogP contribution in [0.25, 0.3) is 11.1 Å². The van der Waals surface area contributed by atoms with E-state index in [2.05, 4.69) is 5.32 Å². The molecule has 4 aromatic rings. The summed E-state index contributed by atoms with van der Waals surface area (Å²) in [6, 6.07) is 21.3. The lowest BCUT2D eigenvalue weighted by Crippen LogP contribution is -2.48. The number of benzene rings is 4. The molecule has 10 heteroatoms. The molecule has 8 nitrogen and oxygen atoms in total. The molecule has 0 aliphatic carbocycles. The molecule has 0 saturated carbocycles. The highest BCUT2D eigenvalue weighted by Crippen LogP contribution is 2.37. The second kappa shape index (κ2) is 11.7. The molecule has 0 spiro atoms. The number of carboxylic acid groups (broad SMARTS) is 1. The zero-order chi connectivity index (χ0) is 30.0. The van der Waals surface area contributed by atoms with Crippen molar-refractivity contribution in [2.45, 2.75) is 31.2 Å². The first-order valence-corrected chi connectivity index (χ1v) is 14.7. The van der Waals surface area contributed by atoms with E-state index >= 15 is 0 Å². The topological polar surface area (TPSA) is 113 Å². The number of para-hydroxylation sites is 1. The summed E-state index contributed by atoms with van der Waals surface area (Å²) in [7, 11) is -4.11. The molecule has 0 bridgehead atoms. The predicted octanol–water partition coefficient (Wildman–Crippen LogP) is 5.12. The fourth-order valence-corrected chi connectivity index (χ4v) is 6.83. The minimum atomic E-state index is -4.11. The van der Waals surface area contributed by atoms with Crippen molar-refractivity contribution in [2.24, 2.45) is 0 Å². The van der Waals surface area contributed by atoms with Crippen LogP contribution >= 0.6 is 0 Å². The van der Waals surface area contributed by atoms with Crippen molar-refractivity contribution >= 4 is 27.6 Å². The van der Waals surface area contributed by atoms with Gasteiger partial charge in [-0.25, -0.2) is 17.6 Å². The molecule has 216 valence electrons. The zero-order valence-corrected chi connectivity index (χ0v) is 23.8. The summed E-state index contributed by atoms with van der Waals surface area (Å²) in [5, 5.41) is 12.0. The largest absolute Gasteiger partial charge is 0.491 e. The van der Waals surface area contributed by atoms with Crippen molar-refractivity contribution < 1.29 is 32.2 Å². The molecule has 1 aliphatic heterocycles. The summed E-state index contributed by atoms with van der Waals surface area (Å²) in [5.41, 5.74) is 4.15. The van der Waals surface area contributed by atoms with Crippen molar-refractivity contribution in [2.75, 3.05) is 17.5 Å². The number of aromatic carboxylic acids is 1. The van der Waals surface area contributed by atoms with Crippen molar-refractivity contribution in [3.05, 3.63) is 113 Å². The molecule has 2 N–H and O–H groups in total. The third-order valence-corrected chi connectivity index (χ3v) is 9.01. The minimum absolute atomic E-state index is 0.0296. The maximum Gasteiger partial charge on any atom is 0.335 e. The molecule has 42 heavy (non-hydrogen) atoms. The number of nitrogens with one attached hydrogen (secondary N) is 1. The van der Waals surface area contributed by atoms with Gasteiger partial charge in [-0.1, -0.05) is 42.5 Å². The number of ether oxygens (including phenoxy) is 1. The first kappa shape index (κ1) is 28.8. The van der Waals surface area contributed by atoms with Crippen molar-refractivity contribution in [1.29, 1.82) is 0 Å². The molecule has 1 atom stereocenters. The van der Waals surface area contributed by atoms with Crippen LogP contribution in [0.15, 0.2) is 89.8 Å². The van der Waals surface area contributed by atoms with Gasteiger partial charge in [0.25, 0.3) is 10.0 Å². The average Bonchev–Trinajstić information content (AvgIpc) is 3.37. The van der Waals surface area contributed by atoms with Gasteiger partial charge in [-0.15, -0.1) is 0 Å². The van der Waals surface area contributed by atoms with Crippen LogP contribution in [-0.4, -0.2) is 44.6 Å². The van der Waals surface area contributed by atoms with Gasteiger partial charge in [-0.3, -0.25) is 9.10 Å². The number of hydrogen-bond donors (Lipinski definition) is 2. The molecule has 1 aliphatic rings. The number of carbonyl (C=O) groups excluding carboxylic acids is 1. The Hall–Kier alpha value is -4.70. The van der Waals surface area contributed by atoms with Gasteiger partial charge in [0.05, 0.1) is 22.7 Å². The summed E-state index contributed by atoms with van der Waals surface area (Å²) < 4.78 is 48.1. The number of amides is 1. The molecule has 0 fully saturated rings. The second-order valence-electron chi connectivity index (χ2n) is 10.1. The van der Waals surface area contributed by atoms with Crippen LogP contribution in [0.2, 0.25) is 0 Å². The van der Waals surface area contributed by atoms with Crippen LogP contribution in [0.5, 0.6) is 5.75 Å². The van der Waals surface area contributed by atoms with Gasteiger partial charge in [0.2, 0.25) is 5.91 Å². The SMILES string of the molecule is Cc1cc(C(=O)O)cc(C)c1OCCNC(=O)[C@@H]1Cc2ccccc2N1S(=O)(=O)c1ccc(-c2ccc(F)cc2)cc1. The summed E-state index contributed by atoms with van der Waals surface area (Å²) >= 11 is 0. The summed E-state index contributed by atoms with van der Waals surface area (Å²) in [6.07, 6.45) is 0.213. The van der Waals surface area contributed by atoms with Crippen molar-refractivity contribution in [1.82, 2.24) is 5.32 Å². The van der Waals surface area contributed by atoms with E-state index in [1.807, 2.05) is 0 Å². The van der Waals surface area contributed by atoms with Gasteiger partial charge in [-0.05, 0) is 84.1 Å². The molecule has 0 radical (unpaired) electrons. The Bertz CT molecular complexity index is 1730. The molecule has 1 amide bonds. The third kappa shape index (κ3) is 5.71. The number of halogens is 1. The van der Waals surface area contributed by atoms with E-state index in [1.165, 1.54) is 40.7 Å². The van der Waals surface area contributed by atoms with E-state index in [0.29, 0.717) is 22.6 Å². The van der Waals surface area contributed by atoms with E-state index in [0.717, 1.165) is 16.7 Å². The van der Waals surface area contributed by atoms with Crippen LogP contribution in [0.4, 0.5) is 10.1 Å². The smallest absolute Gasteiger partial charge is 0.335 e. The van der Waals surface area contributed by atoms with E-state index in [1.54, 1.807) is 62.4 Å². The second-order valence-corrected chi connectivity index (χ2v) is 11.9. The number of rotatable bonds is 9. The number of fused-ring (bicyclic) bond motifs is 1. The molecule has 0 aromatic heterocycles. The van der Waals surface area contributed by atoms with E-state index < -0.39 is 27.9 Å². The van der Waals surface area contributed by atoms with Crippen LogP contribution in [-0.2, 0) is 21.2 Å². The Morgan fingerprint density at radius 3 is 2.17 bits per heavy atom. The predicted molar refractivity (Wildman–Crippen MR) is 157 cm³/mol. The number of anilines is 1. The first-order chi connectivity index (χ1) is 20.1. The maximum absolute atomic E-state index is 13.9. The molecular formula is C32H29FN2O6S. The van der Waals surface area contributed by atoms with Gasteiger partial charge in [0.15, 0.2) is 0 Å². The molecule has 0 saturated heterocycles. The maximum atomic E-state index is 13.9. The lowest BCUT2D eigenvalue weighted by Gasteiger charge is -2.26. The number of carboxylic acids is 1. The Kier molecular flexibility index (Phi) is 8.00. The minimum Gasteiger partial charge on any atom is -0.491 e. The summed E-state index contributed by atoms with van der Waals surface area (Å²) in [5.74, 6) is -1.31. The monoisotopic (exact) mass is 588 g/mol. The van der Waals surface area contributed by atoms with Crippen molar-refractivity contribution in [3.63, 3.8) is 0 Å². The van der Waals surface area contributed by atoms with Crippen molar-refractivity contribution in [3.8, 4) is 16.9 Å². The standard InChI is InChI=1S/C32H29FN2O6S/c1-20-17-25(32(37)38)18-21(2)30(20)41-16-15-34-31(36)29-19-24-5-3-4-6-28(24)35(29)42(39,40)27-13-9-23(10-14-27)22-7-11-26(33)12-8-22/h3-14,17-18,29H,15-16,19H2,1-2H3,(H,34,36)(H,37,38)/t29-/m0/s1. The zero-order valence-electron chi connectivity index (χ0n) is 23.0. The Balaban J connectivity index is 1.31. The van der Waals surface area contributed by atoms with Gasteiger partial charge >= 0.3 is 5.97 Å². The number of nitrogens with zero attached hydrogens (tertiary/aromatic N) is 1. The lowest BCUT2D eigenvalue weighted by atomic mass is 10.1. The molecule has 4 aromatic carbocycles. The van der Waals surface area contributed by atoms with E-state index in [4.69, 9.17) is 4.74 Å². The molecule has 0 unspecified atom stereocenters. The van der Waals surface area contributed by atoms with Crippen LogP contribution in [0.1, 0.15) is 27.0 Å². The molecular weight excluding hydrogens is 559 g/mol. The highest BCUT2D eigenvalue weighted by molar-refractivity contribution is 7.93. The number of aryl methyl sites for hydroxylation is 2. The van der Waals surface area contributed by atoms with E-state index in [9.17, 15) is 27.5 Å². The normalized spacial score (nSPS) is 14.4. The van der Waals surface area contributed by atoms with Crippen LogP contribution in [0.3, 0.4) is 0 Å². The fraction of sp³-hybridized carbons (Fsp3) is 0.188. The lowest BCUT2D eigenvalue weighted by molar-refractivity contribution is -0.122. The first-order valence-electron chi connectivity index (χ1n) is 13.3. The van der Waals surface area contributed by atoms with Gasteiger partial charge < -0.3 is 15.2 Å². The van der Waals surface area contributed by atoms with Crippen LogP contribution in [0, 0.1) is 19.7 Å². The summed E-state index contributed by atoms with van der Waals surface area (Å²) in [4.78, 5) is 24.7. The van der Waals surface area contributed by atoms with Gasteiger partial charge in [-0.2, -0.15) is 0 Å². The molecule has 5 rings (SSSR count). The number of sulfonamides is 1. The van der Waals surface area contributed by atoms with E-state index in [-0.39, 0.29) is 35.8 Å². The Morgan fingerprint density at radius 1 is 0.952 bits per heavy atom. The van der Waals surface area contributed by atoms with Gasteiger partial charge in [0, 0.05) is 6.42 Å². The number of hydrogen-bond acceptors (Lipinski definition) is 5. The quantitative estimate of drug-likeness (QED) is 0.263. The Labute approximate surface area is 243 Å². The number of carbonyl (C=O) groups is 2. The van der Waals surface area contributed by atoms with Crippen LogP contribution < -0.4 is 14.4 Å². The Morgan fingerprint density at radius 2 is 1.55 bits per heavy atom. The summed E-state index contributed by atoms with van der Waals surface area (Å²) in [6.45, 7) is 3.72.